The zero-order chi connectivity index (χ0) is 25.3. The number of nitrogens with two attached hydrogens (primary N) is 1. The molecule has 1 aliphatic heterocycles. The summed E-state index contributed by atoms with van der Waals surface area (Å²) in [4.78, 5) is 21.1. The Balaban J connectivity index is 2.01. The van der Waals surface area contributed by atoms with Gasteiger partial charge in [-0.1, -0.05) is 0 Å². The van der Waals surface area contributed by atoms with E-state index in [4.69, 9.17) is 9.88 Å². The SMILES string of the molecule is NS(=O)(=O)c1cc(NC(=O)c2cc(C(F)(F)F)cnc2N2CCCO[C@H](C(F)(F)F)C2)ccn1. The van der Waals surface area contributed by atoms with Crippen molar-refractivity contribution in [3.8, 4) is 0 Å². The molecule has 1 atom stereocenters. The van der Waals surface area contributed by atoms with Crippen molar-refractivity contribution < 1.29 is 44.3 Å². The molecule has 0 aliphatic carbocycles. The molecule has 3 heterocycles. The summed E-state index contributed by atoms with van der Waals surface area (Å²) in [5.41, 5.74) is -2.16. The lowest BCUT2D eigenvalue weighted by Crippen LogP contribution is -2.42. The molecule has 2 aromatic rings. The number of hydrogen-bond acceptors (Lipinski definition) is 7. The molecule has 0 unspecified atom stereocenters. The molecule has 0 aromatic carbocycles. The molecule has 186 valence electrons. The highest BCUT2D eigenvalue weighted by Gasteiger charge is 2.43. The molecular formula is C18H17F6N5O4S. The number of aromatic nitrogens is 2. The second-order valence-corrected chi connectivity index (χ2v) is 8.68. The van der Waals surface area contributed by atoms with Gasteiger partial charge in [0.15, 0.2) is 11.1 Å². The van der Waals surface area contributed by atoms with E-state index in [2.05, 4.69) is 15.3 Å². The number of pyridine rings is 2. The Kier molecular flexibility index (Phi) is 7.05. The van der Waals surface area contributed by atoms with E-state index >= 15 is 0 Å². The van der Waals surface area contributed by atoms with Crippen LogP contribution in [0.4, 0.5) is 37.8 Å². The first-order valence-corrected chi connectivity index (χ1v) is 11.0. The third kappa shape index (κ3) is 6.12. The summed E-state index contributed by atoms with van der Waals surface area (Å²) in [6.07, 6.45) is -10.4. The summed E-state index contributed by atoms with van der Waals surface area (Å²) in [5, 5.41) is 6.55. The fraction of sp³-hybridized carbons (Fsp3) is 0.389. The van der Waals surface area contributed by atoms with Crippen LogP contribution in [0.5, 0.6) is 0 Å². The summed E-state index contributed by atoms with van der Waals surface area (Å²) >= 11 is 0. The van der Waals surface area contributed by atoms with Crippen LogP contribution in [0.2, 0.25) is 0 Å². The van der Waals surface area contributed by atoms with Gasteiger partial charge in [-0.3, -0.25) is 4.79 Å². The smallest absolute Gasteiger partial charge is 0.367 e. The van der Waals surface area contributed by atoms with Gasteiger partial charge < -0.3 is 15.0 Å². The Bertz CT molecular complexity index is 1170. The second-order valence-electron chi connectivity index (χ2n) is 7.18. The summed E-state index contributed by atoms with van der Waals surface area (Å²) < 4.78 is 107. The first kappa shape index (κ1) is 25.6. The molecule has 34 heavy (non-hydrogen) atoms. The number of alkyl halides is 6. The molecule has 0 saturated carbocycles. The number of ether oxygens (including phenoxy) is 1. The highest BCUT2D eigenvalue weighted by molar-refractivity contribution is 7.89. The number of rotatable bonds is 4. The van der Waals surface area contributed by atoms with Gasteiger partial charge in [-0.05, 0) is 18.6 Å². The van der Waals surface area contributed by atoms with Crippen LogP contribution >= 0.6 is 0 Å². The third-order valence-corrected chi connectivity index (χ3v) is 5.47. The Hall–Kier alpha value is -2.98. The van der Waals surface area contributed by atoms with Gasteiger partial charge in [0, 0.05) is 37.3 Å². The van der Waals surface area contributed by atoms with Crippen LogP contribution in [0.15, 0.2) is 35.6 Å². The first-order chi connectivity index (χ1) is 15.7. The zero-order valence-corrected chi connectivity index (χ0v) is 17.8. The lowest BCUT2D eigenvalue weighted by molar-refractivity contribution is -0.214. The molecule has 2 aromatic heterocycles. The molecule has 0 radical (unpaired) electrons. The lowest BCUT2D eigenvalue weighted by atomic mass is 10.1. The quantitative estimate of drug-likeness (QED) is 0.602. The minimum atomic E-state index is -4.89. The first-order valence-electron chi connectivity index (χ1n) is 9.47. The maximum atomic E-state index is 13.3. The number of anilines is 2. The van der Waals surface area contributed by atoms with E-state index < -0.39 is 62.9 Å². The average molecular weight is 513 g/mol. The van der Waals surface area contributed by atoms with Crippen molar-refractivity contribution in [2.24, 2.45) is 5.14 Å². The van der Waals surface area contributed by atoms with Gasteiger partial charge in [0.25, 0.3) is 15.9 Å². The number of nitrogens with zero attached hydrogens (tertiary/aromatic N) is 3. The number of sulfonamides is 1. The van der Waals surface area contributed by atoms with Crippen LogP contribution in [-0.4, -0.2) is 56.3 Å². The van der Waals surface area contributed by atoms with E-state index in [9.17, 15) is 39.6 Å². The zero-order valence-electron chi connectivity index (χ0n) is 17.0. The molecule has 3 N–H and O–H groups in total. The molecule has 3 rings (SSSR count). The van der Waals surface area contributed by atoms with Gasteiger partial charge in [-0.25, -0.2) is 23.5 Å². The van der Waals surface area contributed by atoms with Crippen LogP contribution < -0.4 is 15.4 Å². The monoisotopic (exact) mass is 513 g/mol. The number of halogens is 6. The summed E-state index contributed by atoms with van der Waals surface area (Å²) in [5.74, 6) is -1.60. The molecule has 0 bridgehead atoms. The van der Waals surface area contributed by atoms with Crippen LogP contribution in [-0.2, 0) is 20.9 Å². The largest absolute Gasteiger partial charge is 0.417 e. The minimum absolute atomic E-state index is 0.0734. The Labute approximate surface area is 189 Å². The fourth-order valence-electron chi connectivity index (χ4n) is 3.09. The number of hydrogen-bond donors (Lipinski definition) is 2. The van der Waals surface area contributed by atoms with E-state index in [1.54, 1.807) is 0 Å². The number of amides is 1. The Morgan fingerprint density at radius 3 is 2.50 bits per heavy atom. The van der Waals surface area contributed by atoms with E-state index in [1.807, 2.05) is 0 Å². The van der Waals surface area contributed by atoms with Crippen molar-refractivity contribution in [1.82, 2.24) is 9.97 Å². The molecule has 1 aliphatic rings. The van der Waals surface area contributed by atoms with Gasteiger partial charge >= 0.3 is 12.4 Å². The van der Waals surface area contributed by atoms with Crippen molar-refractivity contribution in [3.63, 3.8) is 0 Å². The Morgan fingerprint density at radius 2 is 1.88 bits per heavy atom. The van der Waals surface area contributed by atoms with E-state index in [0.717, 1.165) is 23.2 Å². The number of primary sulfonamides is 1. The number of nitrogens with one attached hydrogen (secondary N) is 1. The van der Waals surface area contributed by atoms with Gasteiger partial charge in [0.1, 0.15) is 5.82 Å². The van der Waals surface area contributed by atoms with E-state index in [0.29, 0.717) is 12.3 Å². The predicted molar refractivity (Wildman–Crippen MR) is 105 cm³/mol. The summed E-state index contributed by atoms with van der Waals surface area (Å²) in [7, 11) is -4.25. The molecule has 9 nitrogen and oxygen atoms in total. The second kappa shape index (κ2) is 9.34. The van der Waals surface area contributed by atoms with Crippen LogP contribution in [0, 0.1) is 0 Å². The number of carbonyl (C=O) groups is 1. The molecular weight excluding hydrogens is 496 g/mol. The third-order valence-electron chi connectivity index (χ3n) is 4.67. The van der Waals surface area contributed by atoms with Gasteiger partial charge in [0.05, 0.1) is 17.7 Å². The normalized spacial score (nSPS) is 17.9. The minimum Gasteiger partial charge on any atom is -0.367 e. The van der Waals surface area contributed by atoms with Gasteiger partial charge in [-0.2, -0.15) is 26.3 Å². The highest BCUT2D eigenvalue weighted by Crippen LogP contribution is 2.33. The number of carbonyl (C=O) groups excluding carboxylic acids is 1. The van der Waals surface area contributed by atoms with Crippen molar-refractivity contribution in [2.45, 2.75) is 29.9 Å². The summed E-state index contributed by atoms with van der Waals surface area (Å²) in [6.45, 7) is -1.13. The predicted octanol–water partition coefficient (Wildman–Crippen LogP) is 2.55. The lowest BCUT2D eigenvalue weighted by Gasteiger charge is -2.27. The standard InChI is InChI=1S/C18H17F6N5O4S/c19-17(20,21)10-6-12(16(30)28-11-2-3-26-14(7-11)34(25,31)32)15(27-8-10)29-4-1-5-33-13(9-29)18(22,23)24/h2-3,6-8,13H,1,4-5,9H2,(H2,25,31,32)(H,26,28,30)/t13-/m0/s1. The fourth-order valence-corrected chi connectivity index (χ4v) is 3.59. The van der Waals surface area contributed by atoms with Crippen LogP contribution in [0.1, 0.15) is 22.3 Å². The van der Waals surface area contributed by atoms with Crippen molar-refractivity contribution in [2.75, 3.05) is 29.9 Å². The van der Waals surface area contributed by atoms with Crippen LogP contribution in [0.3, 0.4) is 0 Å². The topological polar surface area (TPSA) is 128 Å². The molecule has 0 spiro atoms. The highest BCUT2D eigenvalue weighted by atomic mass is 32.2. The van der Waals surface area contributed by atoms with Crippen molar-refractivity contribution in [1.29, 1.82) is 0 Å². The average Bonchev–Trinajstić information content (AvgIpc) is 2.98. The maximum Gasteiger partial charge on any atom is 0.417 e. The van der Waals surface area contributed by atoms with Gasteiger partial charge in [-0.15, -0.1) is 0 Å². The van der Waals surface area contributed by atoms with Crippen molar-refractivity contribution >= 4 is 27.4 Å². The van der Waals surface area contributed by atoms with E-state index in [1.165, 1.54) is 0 Å². The Morgan fingerprint density at radius 1 is 1.18 bits per heavy atom. The molecule has 1 saturated heterocycles. The molecule has 16 heteroatoms. The van der Waals surface area contributed by atoms with E-state index in [-0.39, 0.29) is 25.3 Å². The van der Waals surface area contributed by atoms with Crippen molar-refractivity contribution in [3.05, 3.63) is 41.7 Å². The molecule has 1 amide bonds. The van der Waals surface area contributed by atoms with Gasteiger partial charge in [0.2, 0.25) is 0 Å². The summed E-state index contributed by atoms with van der Waals surface area (Å²) in [6, 6.07) is 2.47. The maximum absolute atomic E-state index is 13.3. The molecule has 1 fully saturated rings. The van der Waals surface area contributed by atoms with Crippen LogP contribution in [0.25, 0.3) is 0 Å².